The van der Waals surface area contributed by atoms with E-state index in [-0.39, 0.29) is 11.1 Å². The molecule has 17 heavy (non-hydrogen) atoms. The summed E-state index contributed by atoms with van der Waals surface area (Å²) in [5.74, 6) is 0. The van der Waals surface area contributed by atoms with E-state index < -0.39 is 0 Å². The molecule has 0 aliphatic rings. The second-order valence-electron chi connectivity index (χ2n) is 4.44. The number of aromatic nitrogens is 2. The van der Waals surface area contributed by atoms with Crippen LogP contribution in [-0.4, -0.2) is 9.55 Å². The molecule has 5 heteroatoms. The van der Waals surface area contributed by atoms with Gasteiger partial charge in [0.1, 0.15) is 4.70 Å². The van der Waals surface area contributed by atoms with Crippen LogP contribution in [0.2, 0.25) is 0 Å². The maximum absolute atomic E-state index is 12.5. The van der Waals surface area contributed by atoms with Crippen LogP contribution in [0, 0.1) is 4.77 Å². The normalized spacial score (nSPS) is 12.2. The van der Waals surface area contributed by atoms with Crippen molar-refractivity contribution in [3.8, 4) is 0 Å². The third kappa shape index (κ3) is 1.87. The van der Waals surface area contributed by atoms with Crippen LogP contribution in [-0.2, 0) is 5.54 Å². The summed E-state index contributed by atoms with van der Waals surface area (Å²) in [6.07, 6.45) is 1.77. The second kappa shape index (κ2) is 4.38. The summed E-state index contributed by atoms with van der Waals surface area (Å²) in [5, 5.41) is 1.91. The fourth-order valence-electron chi connectivity index (χ4n) is 1.99. The number of hydrogen-bond acceptors (Lipinski definition) is 3. The molecule has 2 aromatic rings. The molecule has 0 saturated heterocycles. The number of nitrogens with zero attached hydrogens (tertiary/aromatic N) is 1. The lowest BCUT2D eigenvalue weighted by atomic mass is 9.95. The lowest BCUT2D eigenvalue weighted by Crippen LogP contribution is -2.38. The van der Waals surface area contributed by atoms with Gasteiger partial charge in [0.2, 0.25) is 0 Å². The Morgan fingerprint density at radius 2 is 2.12 bits per heavy atom. The van der Waals surface area contributed by atoms with Crippen LogP contribution in [0.5, 0.6) is 0 Å². The van der Waals surface area contributed by atoms with Gasteiger partial charge in [0.15, 0.2) is 4.77 Å². The Morgan fingerprint density at radius 3 is 2.71 bits per heavy atom. The highest BCUT2D eigenvalue weighted by atomic mass is 32.1. The molecule has 0 saturated carbocycles. The van der Waals surface area contributed by atoms with Crippen LogP contribution >= 0.6 is 23.6 Å². The van der Waals surface area contributed by atoms with Gasteiger partial charge in [-0.1, -0.05) is 13.8 Å². The maximum Gasteiger partial charge on any atom is 0.272 e. The number of rotatable bonds is 3. The molecule has 0 aliphatic heterocycles. The summed E-state index contributed by atoms with van der Waals surface area (Å²) in [6.45, 7) is 6.25. The van der Waals surface area contributed by atoms with E-state index in [2.05, 4.69) is 25.8 Å². The van der Waals surface area contributed by atoms with Crippen molar-refractivity contribution >= 4 is 33.8 Å². The molecule has 2 heterocycles. The van der Waals surface area contributed by atoms with Crippen molar-refractivity contribution in [1.29, 1.82) is 0 Å². The summed E-state index contributed by atoms with van der Waals surface area (Å²) in [6, 6.07) is 1.90. The van der Waals surface area contributed by atoms with Crippen LogP contribution in [0.15, 0.2) is 16.2 Å². The lowest BCUT2D eigenvalue weighted by Gasteiger charge is -2.29. The molecule has 0 bridgehead atoms. The zero-order chi connectivity index (χ0) is 12.6. The van der Waals surface area contributed by atoms with E-state index in [9.17, 15) is 4.79 Å². The molecule has 0 unspecified atom stereocenters. The fourth-order valence-corrected chi connectivity index (χ4v) is 3.19. The van der Waals surface area contributed by atoms with Gasteiger partial charge < -0.3 is 4.98 Å². The summed E-state index contributed by atoms with van der Waals surface area (Å²) >= 11 is 6.79. The summed E-state index contributed by atoms with van der Waals surface area (Å²) in [4.78, 5) is 15.6. The largest absolute Gasteiger partial charge is 0.331 e. The Bertz CT molecular complexity index is 646. The van der Waals surface area contributed by atoms with E-state index in [1.807, 2.05) is 11.4 Å². The van der Waals surface area contributed by atoms with E-state index in [0.717, 1.165) is 23.1 Å². The van der Waals surface area contributed by atoms with Gasteiger partial charge in [-0.05, 0) is 43.4 Å². The first-order chi connectivity index (χ1) is 8.03. The zero-order valence-corrected chi connectivity index (χ0v) is 11.9. The molecule has 0 fully saturated rings. The zero-order valence-electron chi connectivity index (χ0n) is 10.2. The average molecular weight is 268 g/mol. The Morgan fingerprint density at radius 1 is 1.47 bits per heavy atom. The molecular weight excluding hydrogens is 252 g/mol. The van der Waals surface area contributed by atoms with Gasteiger partial charge in [-0.3, -0.25) is 9.36 Å². The highest BCUT2D eigenvalue weighted by Gasteiger charge is 2.25. The standard InChI is InChI=1S/C12H16N2OS2/c1-4-12(3,5-2)14-10(15)9-8(6-7-17-9)13-11(14)16/h6-7H,4-5H2,1-3H3,(H,13,16). The molecule has 1 N–H and O–H groups in total. The van der Waals surface area contributed by atoms with Crippen LogP contribution in [0.25, 0.3) is 10.2 Å². The smallest absolute Gasteiger partial charge is 0.272 e. The molecular formula is C12H16N2OS2. The van der Waals surface area contributed by atoms with Crippen molar-refractivity contribution in [2.75, 3.05) is 0 Å². The predicted molar refractivity (Wildman–Crippen MR) is 75.5 cm³/mol. The van der Waals surface area contributed by atoms with E-state index in [4.69, 9.17) is 12.2 Å². The quantitative estimate of drug-likeness (QED) is 0.863. The number of aromatic amines is 1. The van der Waals surface area contributed by atoms with E-state index in [0.29, 0.717) is 4.77 Å². The van der Waals surface area contributed by atoms with Crippen molar-refractivity contribution in [3.05, 3.63) is 26.6 Å². The van der Waals surface area contributed by atoms with Gasteiger partial charge in [-0.2, -0.15) is 0 Å². The Labute approximate surface area is 109 Å². The molecule has 0 amide bonds. The number of H-pyrrole nitrogens is 1. The third-order valence-corrected chi connectivity index (χ3v) is 4.76. The minimum atomic E-state index is -0.206. The topological polar surface area (TPSA) is 37.8 Å². The molecule has 0 radical (unpaired) electrons. The maximum atomic E-state index is 12.5. The van der Waals surface area contributed by atoms with Gasteiger partial charge in [-0.15, -0.1) is 11.3 Å². The van der Waals surface area contributed by atoms with Gasteiger partial charge in [0.25, 0.3) is 5.56 Å². The number of nitrogens with one attached hydrogen (secondary N) is 1. The Kier molecular flexibility index (Phi) is 3.23. The highest BCUT2D eigenvalue weighted by molar-refractivity contribution is 7.71. The van der Waals surface area contributed by atoms with Crippen LogP contribution in [0.1, 0.15) is 33.6 Å². The third-order valence-electron chi connectivity index (χ3n) is 3.57. The van der Waals surface area contributed by atoms with E-state index in [1.165, 1.54) is 11.3 Å². The summed E-state index contributed by atoms with van der Waals surface area (Å²) in [7, 11) is 0. The van der Waals surface area contributed by atoms with Crippen LogP contribution in [0.4, 0.5) is 0 Å². The molecule has 92 valence electrons. The first-order valence-electron chi connectivity index (χ1n) is 5.76. The first kappa shape index (κ1) is 12.5. The number of thiophene rings is 1. The first-order valence-corrected chi connectivity index (χ1v) is 7.05. The van der Waals surface area contributed by atoms with Crippen LogP contribution < -0.4 is 5.56 Å². The van der Waals surface area contributed by atoms with Crippen molar-refractivity contribution < 1.29 is 0 Å². The summed E-state index contributed by atoms with van der Waals surface area (Å²) in [5.41, 5.74) is 0.670. The van der Waals surface area contributed by atoms with Crippen LogP contribution in [0.3, 0.4) is 0 Å². The minimum Gasteiger partial charge on any atom is -0.331 e. The predicted octanol–water partition coefficient (Wildman–Crippen LogP) is 3.66. The number of fused-ring (bicyclic) bond motifs is 1. The minimum absolute atomic E-state index is 0.0324. The van der Waals surface area contributed by atoms with Crippen molar-refractivity contribution in [3.63, 3.8) is 0 Å². The molecule has 0 aromatic carbocycles. The fraction of sp³-hybridized carbons (Fsp3) is 0.500. The van der Waals surface area contributed by atoms with Gasteiger partial charge in [-0.25, -0.2) is 0 Å². The average Bonchev–Trinajstić information content (AvgIpc) is 2.76. The molecule has 0 aliphatic carbocycles. The second-order valence-corrected chi connectivity index (χ2v) is 5.74. The van der Waals surface area contributed by atoms with Crippen molar-refractivity contribution in [2.45, 2.75) is 39.2 Å². The Hall–Kier alpha value is -0.940. The molecule has 2 aromatic heterocycles. The highest BCUT2D eigenvalue weighted by Crippen LogP contribution is 2.24. The number of hydrogen-bond donors (Lipinski definition) is 1. The summed E-state index contributed by atoms with van der Waals surface area (Å²) < 4.78 is 3.01. The molecule has 0 atom stereocenters. The van der Waals surface area contributed by atoms with Crippen molar-refractivity contribution in [2.24, 2.45) is 0 Å². The van der Waals surface area contributed by atoms with Gasteiger partial charge in [0, 0.05) is 5.54 Å². The van der Waals surface area contributed by atoms with Gasteiger partial charge >= 0.3 is 0 Å². The van der Waals surface area contributed by atoms with E-state index >= 15 is 0 Å². The molecule has 2 rings (SSSR count). The lowest BCUT2D eigenvalue weighted by molar-refractivity contribution is 0.280. The monoisotopic (exact) mass is 268 g/mol. The van der Waals surface area contributed by atoms with E-state index in [1.54, 1.807) is 4.57 Å². The van der Waals surface area contributed by atoms with Gasteiger partial charge in [0.05, 0.1) is 5.52 Å². The molecule has 3 nitrogen and oxygen atoms in total. The molecule has 0 spiro atoms. The SMILES string of the molecule is CCC(C)(CC)n1c(=S)[nH]c2ccsc2c1=O. The Balaban J connectivity index is 2.86. The van der Waals surface area contributed by atoms with Crippen molar-refractivity contribution in [1.82, 2.24) is 9.55 Å².